The van der Waals surface area contributed by atoms with Crippen LogP contribution in [0.25, 0.3) is 0 Å². The van der Waals surface area contributed by atoms with Gasteiger partial charge in [-0.25, -0.2) is 0 Å². The second kappa shape index (κ2) is 36.5. The van der Waals surface area contributed by atoms with E-state index in [1.807, 2.05) is 78.6 Å². The first kappa shape index (κ1) is 68.5. The van der Waals surface area contributed by atoms with Crippen LogP contribution in [0.4, 0.5) is 0 Å². The summed E-state index contributed by atoms with van der Waals surface area (Å²) in [6, 6.07) is 53.0. The number of benzene rings is 6. The van der Waals surface area contributed by atoms with Gasteiger partial charge in [0.15, 0.2) is 0 Å². The summed E-state index contributed by atoms with van der Waals surface area (Å²) in [5, 5.41) is 0. The van der Waals surface area contributed by atoms with Crippen molar-refractivity contribution in [3.05, 3.63) is 224 Å². The van der Waals surface area contributed by atoms with Crippen LogP contribution in [0.1, 0.15) is 258 Å². The zero-order valence-corrected chi connectivity index (χ0v) is 54.1. The normalized spacial score (nSPS) is 12.1. The van der Waals surface area contributed by atoms with Crippen LogP contribution in [0.5, 0.6) is 0 Å². The summed E-state index contributed by atoms with van der Waals surface area (Å²) in [5.41, 5.74) is 20.0. The molecular weight excluding hydrogens is 1010 g/mol. The van der Waals surface area contributed by atoms with Gasteiger partial charge in [0, 0.05) is 5.92 Å². The topological polar surface area (TPSA) is 0 Å². The van der Waals surface area contributed by atoms with Crippen molar-refractivity contribution in [2.45, 2.75) is 199 Å². The Labute approximate surface area is 490 Å². The molecule has 1 aliphatic rings. The van der Waals surface area contributed by atoms with Crippen molar-refractivity contribution in [1.29, 1.82) is 0 Å². The van der Waals surface area contributed by atoms with E-state index in [9.17, 15) is 0 Å². The van der Waals surface area contributed by atoms with Crippen molar-refractivity contribution in [1.82, 2.24) is 0 Å². The maximum Gasteiger partial charge on any atom is 3.00 e. The van der Waals surface area contributed by atoms with Gasteiger partial charge in [-0.15, -0.1) is 0 Å². The third-order valence-electron chi connectivity index (χ3n) is 12.2. The van der Waals surface area contributed by atoms with Gasteiger partial charge in [-0.3, -0.25) is 0 Å². The maximum atomic E-state index is 3.62. The van der Waals surface area contributed by atoms with E-state index in [2.05, 4.69) is 206 Å². The SMILES string of the molecule is CC.CC(C)c1[c-]c(Cc2[c-]cccc2)ccc1C(C)C.CC(C)c1[c-]c(Cc2[c-]cccc2)ccc1C(C)C.CC(C)c1ccc2c(c1C(C)C)C(C(C)C)c1ccccc1C2.C[CH-]C.C[CH-]C.[Y+3].[Y+3]. The Kier molecular flexibility index (Phi) is 35.2. The van der Waals surface area contributed by atoms with Gasteiger partial charge in [0.25, 0.3) is 0 Å². The minimum atomic E-state index is 0. The van der Waals surface area contributed by atoms with Crippen LogP contribution in [0.3, 0.4) is 0 Å². The Hall–Kier alpha value is -2.47. The Morgan fingerprint density at radius 1 is 0.437 bits per heavy atom. The third kappa shape index (κ3) is 21.7. The minimum Gasteiger partial charge on any atom is -0.335 e. The molecule has 376 valence electrons. The first-order valence-corrected chi connectivity index (χ1v) is 26.6. The quantitative estimate of drug-likeness (QED) is 0.113. The van der Waals surface area contributed by atoms with Crippen molar-refractivity contribution >= 4 is 0 Å². The van der Waals surface area contributed by atoms with Crippen molar-refractivity contribution < 1.29 is 65.4 Å². The van der Waals surface area contributed by atoms with Crippen LogP contribution >= 0.6 is 0 Å². The molecule has 0 fully saturated rings. The van der Waals surface area contributed by atoms with Crippen LogP contribution in [0.15, 0.2) is 109 Å². The monoisotopic (exact) mass is 1100 g/mol. The zero-order chi connectivity index (χ0) is 51.8. The molecule has 1 unspecified atom stereocenters. The van der Waals surface area contributed by atoms with E-state index in [4.69, 9.17) is 0 Å². The summed E-state index contributed by atoms with van der Waals surface area (Å²) in [6.07, 6.45) is 6.92. The van der Waals surface area contributed by atoms with E-state index >= 15 is 0 Å². The average Bonchev–Trinajstić information content (AvgIpc) is 3.32. The van der Waals surface area contributed by atoms with Crippen LogP contribution in [-0.4, -0.2) is 0 Å². The first-order chi connectivity index (χ1) is 32.9. The van der Waals surface area contributed by atoms with Crippen LogP contribution in [0, 0.1) is 43.0 Å². The van der Waals surface area contributed by atoms with E-state index in [1.165, 1.54) is 50.1 Å². The number of hydrogen-bond donors (Lipinski definition) is 0. The molecule has 0 N–H and O–H groups in total. The summed E-state index contributed by atoms with van der Waals surface area (Å²) < 4.78 is 0. The molecule has 0 spiro atoms. The standard InChI is InChI=1S/C23H30.2C19H22.2C3H7.C2H6.2Y/c1-14(2)19-12-11-18-13-17-9-7-8-10-20(17)22(16(5)6)23(18)21(19)15(3)4;2*1-14(2)18-11-10-17(13-19(18)15(3)4)12-16-8-6-5-7-9-16;2*1-3-2;1-2;;/h7-12,14-16,22H,13H2,1-6H3;2*5-8,10-11,14-15H,12H2,1-4H3;2*3H,1-2H3;1-2H3;;/q;2*-2;2*-1;;2*+3. The van der Waals surface area contributed by atoms with Crippen molar-refractivity contribution in [3.63, 3.8) is 0 Å². The van der Waals surface area contributed by atoms with Crippen molar-refractivity contribution in [2.75, 3.05) is 0 Å². The molecule has 0 bridgehead atoms. The van der Waals surface area contributed by atoms with Crippen LogP contribution in [0.2, 0.25) is 0 Å². The van der Waals surface area contributed by atoms with E-state index in [0.29, 0.717) is 47.3 Å². The fourth-order valence-corrected chi connectivity index (χ4v) is 9.21. The van der Waals surface area contributed by atoms with Crippen molar-refractivity contribution in [3.8, 4) is 0 Å². The number of hydrogen-bond acceptors (Lipinski definition) is 0. The van der Waals surface area contributed by atoms with Crippen LogP contribution in [-0.2, 0) is 84.7 Å². The molecule has 2 heteroatoms. The summed E-state index contributed by atoms with van der Waals surface area (Å²) in [6.45, 7) is 44.1. The molecule has 0 radical (unpaired) electrons. The summed E-state index contributed by atoms with van der Waals surface area (Å²) in [5.74, 6) is 4.49. The van der Waals surface area contributed by atoms with Crippen LogP contribution < -0.4 is 0 Å². The van der Waals surface area contributed by atoms with Gasteiger partial charge in [0.1, 0.15) is 0 Å². The second-order valence-corrected chi connectivity index (χ2v) is 20.7. The van der Waals surface area contributed by atoms with E-state index < -0.39 is 0 Å². The molecule has 6 aromatic carbocycles. The smallest absolute Gasteiger partial charge is 0.335 e. The molecule has 71 heavy (non-hydrogen) atoms. The zero-order valence-electron chi connectivity index (χ0n) is 48.4. The Morgan fingerprint density at radius 2 is 0.831 bits per heavy atom. The van der Waals surface area contributed by atoms with Gasteiger partial charge < -0.3 is 12.8 Å². The summed E-state index contributed by atoms with van der Waals surface area (Å²) in [7, 11) is 0. The Morgan fingerprint density at radius 3 is 1.18 bits per heavy atom. The van der Waals surface area contributed by atoms with Gasteiger partial charge in [0.2, 0.25) is 0 Å². The average molecular weight is 1100 g/mol. The Balaban J connectivity index is 0.000000954. The molecule has 1 atom stereocenters. The molecule has 1 aliphatic carbocycles. The van der Waals surface area contributed by atoms with Gasteiger partial charge in [0.05, 0.1) is 0 Å². The third-order valence-corrected chi connectivity index (χ3v) is 12.2. The van der Waals surface area contributed by atoms with E-state index in [-0.39, 0.29) is 65.4 Å². The first-order valence-electron chi connectivity index (χ1n) is 26.6. The number of fused-ring (bicyclic) bond motifs is 2. The molecule has 0 heterocycles. The molecule has 0 amide bonds. The second-order valence-electron chi connectivity index (χ2n) is 20.7. The van der Waals surface area contributed by atoms with Crippen molar-refractivity contribution in [2.24, 2.45) is 5.92 Å². The van der Waals surface area contributed by atoms with Gasteiger partial charge in [-0.2, -0.15) is 169 Å². The van der Waals surface area contributed by atoms with Gasteiger partial charge in [-0.1, -0.05) is 159 Å². The van der Waals surface area contributed by atoms with E-state index in [0.717, 1.165) is 19.3 Å². The molecule has 0 saturated heterocycles. The molecule has 0 nitrogen and oxygen atoms in total. The predicted octanol–water partition coefficient (Wildman–Crippen LogP) is 20.4. The maximum absolute atomic E-state index is 3.62. The molecule has 0 aliphatic heterocycles. The summed E-state index contributed by atoms with van der Waals surface area (Å²) >= 11 is 0. The molecule has 0 aromatic heterocycles. The summed E-state index contributed by atoms with van der Waals surface area (Å²) in [4.78, 5) is 0. The van der Waals surface area contributed by atoms with E-state index in [1.54, 1.807) is 27.8 Å². The molecular formula is C69H94Y2. The Bertz CT molecular complexity index is 2210. The van der Waals surface area contributed by atoms with Gasteiger partial charge >= 0.3 is 65.4 Å². The predicted molar refractivity (Wildman–Crippen MR) is 306 cm³/mol. The number of rotatable bonds is 11. The molecule has 7 rings (SSSR count). The minimum absolute atomic E-state index is 0. The molecule has 0 saturated carbocycles. The molecule has 6 aromatic rings. The largest absolute Gasteiger partial charge is 3.00 e. The fraction of sp³-hybridized carbons (Fsp3) is 0.449. The fourth-order valence-electron chi connectivity index (χ4n) is 9.21. The van der Waals surface area contributed by atoms with Gasteiger partial charge in [-0.05, 0) is 82.2 Å².